The molecule has 1 aliphatic heterocycles. The Morgan fingerprint density at radius 3 is 2.33 bits per heavy atom. The predicted octanol–water partition coefficient (Wildman–Crippen LogP) is 2.83. The summed E-state index contributed by atoms with van der Waals surface area (Å²) < 4.78 is 0. The van der Waals surface area contributed by atoms with E-state index in [-0.39, 0.29) is 5.91 Å². The highest BCUT2D eigenvalue weighted by atomic mass is 16.2. The van der Waals surface area contributed by atoms with Gasteiger partial charge in [0.2, 0.25) is 5.91 Å². The number of amides is 2. The first kappa shape index (κ1) is 15.5. The van der Waals surface area contributed by atoms with Crippen molar-refractivity contribution in [3.63, 3.8) is 0 Å². The highest BCUT2D eigenvalue weighted by Gasteiger charge is 2.19. The average molecular weight is 288 g/mol. The Bertz CT molecular complexity index is 496. The van der Waals surface area contributed by atoms with E-state index in [0.29, 0.717) is 17.0 Å². The summed E-state index contributed by atoms with van der Waals surface area (Å²) >= 11 is 0. The second kappa shape index (κ2) is 7.25. The zero-order valence-electron chi connectivity index (χ0n) is 12.7. The number of primary amides is 1. The van der Waals surface area contributed by atoms with Gasteiger partial charge in [0, 0.05) is 24.2 Å². The summed E-state index contributed by atoms with van der Waals surface area (Å²) in [4.78, 5) is 25.6. The highest BCUT2D eigenvalue weighted by molar-refractivity contribution is 5.97. The summed E-state index contributed by atoms with van der Waals surface area (Å²) in [5.74, 6) is 0.127. The zero-order valence-corrected chi connectivity index (χ0v) is 12.7. The molecule has 1 fully saturated rings. The van der Waals surface area contributed by atoms with Crippen LogP contribution >= 0.6 is 0 Å². The molecule has 4 nitrogen and oxygen atoms in total. The molecule has 21 heavy (non-hydrogen) atoms. The molecule has 1 saturated heterocycles. The topological polar surface area (TPSA) is 63.4 Å². The molecule has 114 valence electrons. The Balaban J connectivity index is 2.10. The molecule has 2 rings (SSSR count). The Kier molecular flexibility index (Phi) is 5.37. The Morgan fingerprint density at radius 1 is 1.05 bits per heavy atom. The first-order valence-corrected chi connectivity index (χ1v) is 7.77. The van der Waals surface area contributed by atoms with Crippen molar-refractivity contribution >= 4 is 11.8 Å². The molecule has 2 N–H and O–H groups in total. The lowest BCUT2D eigenvalue weighted by Gasteiger charge is -2.25. The van der Waals surface area contributed by atoms with E-state index in [2.05, 4.69) is 6.92 Å². The number of hydrogen-bond donors (Lipinski definition) is 1. The monoisotopic (exact) mass is 288 g/mol. The zero-order chi connectivity index (χ0) is 15.2. The van der Waals surface area contributed by atoms with Crippen molar-refractivity contribution in [1.82, 2.24) is 4.90 Å². The SMILES string of the molecule is CC1CCCCCCN(C(=O)c2ccc(C(N)=O)cc2)C1. The fourth-order valence-electron chi connectivity index (χ4n) is 2.85. The van der Waals surface area contributed by atoms with Crippen molar-refractivity contribution in [3.05, 3.63) is 35.4 Å². The quantitative estimate of drug-likeness (QED) is 0.909. The van der Waals surface area contributed by atoms with Gasteiger partial charge in [-0.25, -0.2) is 0 Å². The number of rotatable bonds is 2. The van der Waals surface area contributed by atoms with Gasteiger partial charge in [0.25, 0.3) is 5.91 Å². The van der Waals surface area contributed by atoms with Crippen molar-refractivity contribution in [1.29, 1.82) is 0 Å². The summed E-state index contributed by atoms with van der Waals surface area (Å²) in [5.41, 5.74) is 6.29. The molecule has 1 unspecified atom stereocenters. The Hall–Kier alpha value is -1.84. The average Bonchev–Trinajstić information content (AvgIpc) is 2.58. The van der Waals surface area contributed by atoms with Gasteiger partial charge in [-0.05, 0) is 43.0 Å². The molecule has 4 heteroatoms. The molecule has 1 aromatic carbocycles. The summed E-state index contributed by atoms with van der Waals surface area (Å²) in [5, 5.41) is 0. The fourth-order valence-corrected chi connectivity index (χ4v) is 2.85. The first-order chi connectivity index (χ1) is 10.1. The van der Waals surface area contributed by atoms with Crippen molar-refractivity contribution in [3.8, 4) is 0 Å². The maximum Gasteiger partial charge on any atom is 0.253 e. The van der Waals surface area contributed by atoms with Crippen LogP contribution in [0.25, 0.3) is 0 Å². The third kappa shape index (κ3) is 4.31. The van der Waals surface area contributed by atoms with Crippen LogP contribution in [0.1, 0.15) is 59.7 Å². The fraction of sp³-hybridized carbons (Fsp3) is 0.529. The van der Waals surface area contributed by atoms with Gasteiger partial charge in [-0.3, -0.25) is 9.59 Å². The molecule has 0 radical (unpaired) electrons. The molecule has 1 atom stereocenters. The van der Waals surface area contributed by atoms with Crippen LogP contribution in [0.3, 0.4) is 0 Å². The van der Waals surface area contributed by atoms with Crippen LogP contribution in [-0.2, 0) is 0 Å². The molecule has 1 aromatic rings. The minimum atomic E-state index is -0.467. The van der Waals surface area contributed by atoms with Crippen molar-refractivity contribution in [2.45, 2.75) is 39.0 Å². The molecular formula is C17H24N2O2. The lowest BCUT2D eigenvalue weighted by atomic mass is 10.0. The van der Waals surface area contributed by atoms with Crippen LogP contribution in [-0.4, -0.2) is 29.8 Å². The van der Waals surface area contributed by atoms with Gasteiger partial charge < -0.3 is 10.6 Å². The third-order valence-electron chi connectivity index (χ3n) is 4.11. The third-order valence-corrected chi connectivity index (χ3v) is 4.11. The lowest BCUT2D eigenvalue weighted by molar-refractivity contribution is 0.0730. The number of carbonyl (C=O) groups excluding carboxylic acids is 2. The maximum absolute atomic E-state index is 12.6. The standard InChI is InChI=1S/C17H24N2O2/c1-13-6-4-2-3-5-11-19(12-13)17(21)15-9-7-14(8-10-15)16(18)20/h7-10,13H,2-6,11-12H2,1H3,(H2,18,20). The van der Waals surface area contributed by atoms with E-state index in [1.807, 2.05) is 4.90 Å². The number of hydrogen-bond acceptors (Lipinski definition) is 2. The molecule has 1 heterocycles. The molecule has 2 amide bonds. The Labute approximate surface area is 126 Å². The van der Waals surface area contributed by atoms with E-state index < -0.39 is 5.91 Å². The van der Waals surface area contributed by atoms with Gasteiger partial charge in [0.15, 0.2) is 0 Å². The van der Waals surface area contributed by atoms with Crippen molar-refractivity contribution < 1.29 is 9.59 Å². The minimum Gasteiger partial charge on any atom is -0.366 e. The number of carbonyl (C=O) groups is 2. The molecule has 0 spiro atoms. The maximum atomic E-state index is 12.6. The summed E-state index contributed by atoms with van der Waals surface area (Å²) in [6.07, 6.45) is 5.97. The van der Waals surface area contributed by atoms with Gasteiger partial charge in [0.05, 0.1) is 0 Å². The largest absolute Gasteiger partial charge is 0.366 e. The molecule has 0 bridgehead atoms. The smallest absolute Gasteiger partial charge is 0.253 e. The van der Waals surface area contributed by atoms with Crippen LogP contribution in [0, 0.1) is 5.92 Å². The molecular weight excluding hydrogens is 264 g/mol. The van der Waals surface area contributed by atoms with Gasteiger partial charge in [-0.1, -0.05) is 26.2 Å². The summed E-state index contributed by atoms with van der Waals surface area (Å²) in [7, 11) is 0. The Morgan fingerprint density at radius 2 is 1.67 bits per heavy atom. The van der Waals surface area contributed by atoms with Crippen LogP contribution in [0.5, 0.6) is 0 Å². The number of nitrogens with zero attached hydrogens (tertiary/aromatic N) is 1. The number of nitrogens with two attached hydrogens (primary N) is 1. The van der Waals surface area contributed by atoms with E-state index in [1.165, 1.54) is 25.7 Å². The van der Waals surface area contributed by atoms with E-state index >= 15 is 0 Å². The van der Waals surface area contributed by atoms with Crippen LogP contribution in [0.4, 0.5) is 0 Å². The summed E-state index contributed by atoms with van der Waals surface area (Å²) in [6, 6.07) is 6.63. The molecule has 0 aliphatic carbocycles. The molecule has 1 aliphatic rings. The normalized spacial score (nSPS) is 20.2. The highest BCUT2D eigenvalue weighted by Crippen LogP contribution is 2.18. The van der Waals surface area contributed by atoms with E-state index in [9.17, 15) is 9.59 Å². The van der Waals surface area contributed by atoms with Gasteiger partial charge >= 0.3 is 0 Å². The van der Waals surface area contributed by atoms with Crippen molar-refractivity contribution in [2.75, 3.05) is 13.1 Å². The predicted molar refractivity (Wildman–Crippen MR) is 83.1 cm³/mol. The second-order valence-electron chi connectivity index (χ2n) is 6.00. The number of benzene rings is 1. The first-order valence-electron chi connectivity index (χ1n) is 7.77. The van der Waals surface area contributed by atoms with Crippen LogP contribution in [0.15, 0.2) is 24.3 Å². The van der Waals surface area contributed by atoms with Gasteiger partial charge in [0.1, 0.15) is 0 Å². The second-order valence-corrected chi connectivity index (χ2v) is 6.00. The van der Waals surface area contributed by atoms with E-state index in [1.54, 1.807) is 24.3 Å². The molecule has 0 saturated carbocycles. The minimum absolute atomic E-state index is 0.0553. The summed E-state index contributed by atoms with van der Waals surface area (Å²) in [6.45, 7) is 3.85. The lowest BCUT2D eigenvalue weighted by Crippen LogP contribution is -2.35. The van der Waals surface area contributed by atoms with Crippen molar-refractivity contribution in [2.24, 2.45) is 11.7 Å². The van der Waals surface area contributed by atoms with E-state index in [0.717, 1.165) is 19.5 Å². The van der Waals surface area contributed by atoms with Gasteiger partial charge in [-0.2, -0.15) is 0 Å². The van der Waals surface area contributed by atoms with Crippen LogP contribution in [0.2, 0.25) is 0 Å². The van der Waals surface area contributed by atoms with Gasteiger partial charge in [-0.15, -0.1) is 0 Å². The molecule has 0 aromatic heterocycles. The van der Waals surface area contributed by atoms with Crippen LogP contribution < -0.4 is 5.73 Å². The van der Waals surface area contributed by atoms with E-state index in [4.69, 9.17) is 5.73 Å².